The number of hydrogen-bond acceptors (Lipinski definition) is 0. The molecule has 1 nitrogen and oxygen atoms in total. The van der Waals surface area contributed by atoms with Gasteiger partial charge in [0.15, 0.2) is 0 Å². The van der Waals surface area contributed by atoms with Gasteiger partial charge < -0.3 is 0 Å². The van der Waals surface area contributed by atoms with E-state index >= 15 is 0 Å². The van der Waals surface area contributed by atoms with Crippen molar-refractivity contribution in [2.75, 3.05) is 6.61 Å². The Labute approximate surface area is 63.1 Å². The van der Waals surface area contributed by atoms with Crippen LogP contribution in [0, 0.1) is 5.92 Å². The summed E-state index contributed by atoms with van der Waals surface area (Å²) in [7, 11) is 0. The van der Waals surface area contributed by atoms with Crippen LogP contribution in [0.3, 0.4) is 0 Å². The first-order valence-electron chi connectivity index (χ1n) is 3.70. The zero-order valence-electron chi connectivity index (χ0n) is 6.81. The van der Waals surface area contributed by atoms with Crippen LogP contribution in [0.1, 0.15) is 26.7 Å². The quantitative estimate of drug-likeness (QED) is 0.533. The van der Waals surface area contributed by atoms with E-state index in [1.807, 2.05) is 6.92 Å². The number of rotatable bonds is 4. The van der Waals surface area contributed by atoms with Crippen molar-refractivity contribution in [2.45, 2.75) is 26.7 Å². The summed E-state index contributed by atoms with van der Waals surface area (Å²) in [5, 5.41) is 10.5. The Hall–Kier alpha value is -0.520. The van der Waals surface area contributed by atoms with Crippen molar-refractivity contribution in [3.8, 4) is 0 Å². The lowest BCUT2D eigenvalue weighted by Crippen LogP contribution is -2.04. The molecule has 0 N–H and O–H groups in total. The molecule has 0 aromatic heterocycles. The van der Waals surface area contributed by atoms with E-state index in [0.717, 1.165) is 18.4 Å². The summed E-state index contributed by atoms with van der Waals surface area (Å²) < 4.78 is 0. The second-order valence-electron chi connectivity index (χ2n) is 2.51. The molecule has 1 unspecified atom stereocenters. The Morgan fingerprint density at radius 1 is 1.70 bits per heavy atom. The van der Waals surface area contributed by atoms with Crippen molar-refractivity contribution in [3.63, 3.8) is 0 Å². The van der Waals surface area contributed by atoms with Crippen LogP contribution in [-0.2, 0) is 5.11 Å². The molecule has 0 fully saturated rings. The molecule has 0 heterocycles. The highest BCUT2D eigenvalue weighted by Gasteiger charge is 2.07. The Bertz CT molecular complexity index is 132. The molecule has 57 valence electrons. The SMILES string of the molecule is C=C=C(C)C(C[O])CCC. The maximum absolute atomic E-state index is 10.5. The first-order valence-corrected chi connectivity index (χ1v) is 3.70. The van der Waals surface area contributed by atoms with E-state index in [0.29, 0.717) is 0 Å². The fourth-order valence-electron chi connectivity index (χ4n) is 0.918. The normalized spacial score (nSPS) is 12.3. The van der Waals surface area contributed by atoms with E-state index in [4.69, 9.17) is 0 Å². The van der Waals surface area contributed by atoms with Gasteiger partial charge in [-0.3, -0.25) is 0 Å². The van der Waals surface area contributed by atoms with Gasteiger partial charge in [-0.1, -0.05) is 19.9 Å². The standard InChI is InChI=1S/C9H15O/c1-4-6-9(7-10)8(3)5-2/h9H,2,4,6-7H2,1,3H3. The van der Waals surface area contributed by atoms with Crippen molar-refractivity contribution in [3.05, 3.63) is 17.9 Å². The second kappa shape index (κ2) is 5.28. The van der Waals surface area contributed by atoms with Crippen LogP contribution in [0.25, 0.3) is 0 Å². The van der Waals surface area contributed by atoms with Crippen LogP contribution < -0.4 is 0 Å². The summed E-state index contributed by atoms with van der Waals surface area (Å²) >= 11 is 0. The highest BCUT2D eigenvalue weighted by molar-refractivity contribution is 5.00. The molecule has 0 aliphatic rings. The van der Waals surface area contributed by atoms with Gasteiger partial charge in [0, 0.05) is 5.92 Å². The molecular weight excluding hydrogens is 124 g/mol. The minimum atomic E-state index is -0.0256. The first-order chi connectivity index (χ1) is 4.76. The Balaban J connectivity index is 3.93. The molecule has 0 amide bonds. The fourth-order valence-corrected chi connectivity index (χ4v) is 0.918. The third-order valence-electron chi connectivity index (χ3n) is 1.73. The summed E-state index contributed by atoms with van der Waals surface area (Å²) in [5.74, 6) is 0.169. The van der Waals surface area contributed by atoms with Crippen molar-refractivity contribution in [1.82, 2.24) is 0 Å². The second-order valence-corrected chi connectivity index (χ2v) is 2.51. The molecule has 1 heteroatoms. The molecule has 0 aliphatic heterocycles. The maximum Gasteiger partial charge on any atom is 0.0893 e. The minimum absolute atomic E-state index is 0.0256. The third kappa shape index (κ3) is 2.86. The van der Waals surface area contributed by atoms with Crippen molar-refractivity contribution >= 4 is 0 Å². The van der Waals surface area contributed by atoms with E-state index in [9.17, 15) is 5.11 Å². The fraction of sp³-hybridized carbons (Fsp3) is 0.667. The molecule has 0 aliphatic carbocycles. The minimum Gasteiger partial charge on any atom is -0.236 e. The largest absolute Gasteiger partial charge is 0.236 e. The molecule has 0 bridgehead atoms. The van der Waals surface area contributed by atoms with E-state index in [1.54, 1.807) is 0 Å². The predicted molar refractivity (Wildman–Crippen MR) is 42.3 cm³/mol. The molecule has 0 spiro atoms. The maximum atomic E-state index is 10.5. The molecule has 1 atom stereocenters. The topological polar surface area (TPSA) is 19.9 Å². The molecule has 10 heavy (non-hydrogen) atoms. The van der Waals surface area contributed by atoms with Gasteiger partial charge in [0.25, 0.3) is 0 Å². The number of hydrogen-bond donors (Lipinski definition) is 0. The van der Waals surface area contributed by atoms with Crippen LogP contribution in [-0.4, -0.2) is 6.61 Å². The summed E-state index contributed by atoms with van der Waals surface area (Å²) in [5.41, 5.74) is 3.78. The van der Waals surface area contributed by atoms with Gasteiger partial charge in [-0.25, -0.2) is 5.11 Å². The lowest BCUT2D eigenvalue weighted by Gasteiger charge is -2.09. The van der Waals surface area contributed by atoms with Crippen LogP contribution in [0.5, 0.6) is 0 Å². The van der Waals surface area contributed by atoms with Gasteiger partial charge in [0.05, 0.1) is 6.61 Å². The molecule has 0 saturated carbocycles. The van der Waals surface area contributed by atoms with Crippen molar-refractivity contribution in [2.24, 2.45) is 5.92 Å². The van der Waals surface area contributed by atoms with E-state index in [1.165, 1.54) is 0 Å². The third-order valence-corrected chi connectivity index (χ3v) is 1.73. The molecule has 1 radical (unpaired) electrons. The lowest BCUT2D eigenvalue weighted by molar-refractivity contribution is 0.153. The Morgan fingerprint density at radius 3 is 2.60 bits per heavy atom. The molecule has 0 aromatic rings. The first kappa shape index (κ1) is 9.48. The van der Waals surface area contributed by atoms with Crippen LogP contribution >= 0.6 is 0 Å². The summed E-state index contributed by atoms with van der Waals surface area (Å²) in [4.78, 5) is 0. The Morgan fingerprint density at radius 2 is 2.30 bits per heavy atom. The Kier molecular flexibility index (Phi) is 5.00. The van der Waals surface area contributed by atoms with E-state index < -0.39 is 0 Å². The van der Waals surface area contributed by atoms with Crippen molar-refractivity contribution < 1.29 is 5.11 Å². The van der Waals surface area contributed by atoms with Gasteiger partial charge >= 0.3 is 0 Å². The van der Waals surface area contributed by atoms with E-state index in [2.05, 4.69) is 19.2 Å². The van der Waals surface area contributed by atoms with Gasteiger partial charge in [-0.2, -0.15) is 0 Å². The van der Waals surface area contributed by atoms with Crippen LogP contribution in [0.4, 0.5) is 0 Å². The van der Waals surface area contributed by atoms with Gasteiger partial charge in [0.2, 0.25) is 0 Å². The van der Waals surface area contributed by atoms with Gasteiger partial charge in [-0.05, 0) is 18.9 Å². The van der Waals surface area contributed by atoms with Crippen molar-refractivity contribution in [1.29, 1.82) is 0 Å². The van der Waals surface area contributed by atoms with Gasteiger partial charge in [0.1, 0.15) is 0 Å². The summed E-state index contributed by atoms with van der Waals surface area (Å²) in [6.45, 7) is 7.49. The smallest absolute Gasteiger partial charge is 0.0893 e. The average Bonchev–Trinajstić information content (AvgIpc) is 1.99. The molecule has 0 aromatic carbocycles. The summed E-state index contributed by atoms with van der Waals surface area (Å²) in [6.07, 6.45) is 2.03. The van der Waals surface area contributed by atoms with E-state index in [-0.39, 0.29) is 12.5 Å². The zero-order valence-corrected chi connectivity index (χ0v) is 6.81. The highest BCUT2D eigenvalue weighted by Crippen LogP contribution is 2.14. The predicted octanol–water partition coefficient (Wildman–Crippen LogP) is 2.56. The zero-order chi connectivity index (χ0) is 7.98. The lowest BCUT2D eigenvalue weighted by atomic mass is 9.97. The molecular formula is C9H15O. The molecule has 0 rings (SSSR count). The molecule has 0 saturated heterocycles. The highest BCUT2D eigenvalue weighted by atomic mass is 16.3. The summed E-state index contributed by atoms with van der Waals surface area (Å²) in [6, 6.07) is 0. The monoisotopic (exact) mass is 139 g/mol. The van der Waals surface area contributed by atoms with Crippen LogP contribution in [0.15, 0.2) is 17.9 Å². The van der Waals surface area contributed by atoms with Crippen LogP contribution in [0.2, 0.25) is 0 Å². The van der Waals surface area contributed by atoms with Gasteiger partial charge in [-0.15, -0.1) is 5.73 Å². The average molecular weight is 139 g/mol.